The molecule has 1 amide bonds. The fourth-order valence-electron chi connectivity index (χ4n) is 3.25. The summed E-state index contributed by atoms with van der Waals surface area (Å²) in [6.45, 7) is 10.0. The molecule has 0 spiro atoms. The number of halogens is 1. The first kappa shape index (κ1) is 27.5. The van der Waals surface area contributed by atoms with Gasteiger partial charge in [0.05, 0.1) is 19.0 Å². The Balaban J connectivity index is 0.00000480. The van der Waals surface area contributed by atoms with Gasteiger partial charge in [-0.2, -0.15) is 0 Å². The number of unbranched alkanes of at least 4 members (excludes halogenated alkanes) is 1. The van der Waals surface area contributed by atoms with Gasteiger partial charge in [-0.15, -0.1) is 24.0 Å². The van der Waals surface area contributed by atoms with Gasteiger partial charge >= 0.3 is 6.09 Å². The smallest absolute Gasteiger partial charge is 0.409 e. The molecule has 0 atom stereocenters. The third-order valence-electron chi connectivity index (χ3n) is 4.88. The minimum atomic E-state index is -0.218. The van der Waals surface area contributed by atoms with Crippen LogP contribution in [0.2, 0.25) is 0 Å². The molecule has 2 rings (SSSR count). The van der Waals surface area contributed by atoms with Gasteiger partial charge in [-0.3, -0.25) is 4.99 Å². The summed E-state index contributed by atoms with van der Waals surface area (Å²) in [4.78, 5) is 18.4. The van der Waals surface area contributed by atoms with Crippen molar-refractivity contribution in [2.45, 2.75) is 65.0 Å². The Hall–Kier alpha value is -1.49. The monoisotopic (exact) mass is 550 g/mol. The third-order valence-corrected chi connectivity index (χ3v) is 4.88. The maximum atomic E-state index is 11.9. The van der Waals surface area contributed by atoms with E-state index in [1.54, 1.807) is 11.2 Å². The van der Waals surface area contributed by atoms with Gasteiger partial charge < -0.3 is 29.4 Å². The molecule has 1 aromatic heterocycles. The van der Waals surface area contributed by atoms with E-state index < -0.39 is 0 Å². The van der Waals surface area contributed by atoms with Crippen LogP contribution in [0.5, 0.6) is 0 Å². The Kier molecular flexibility index (Phi) is 14.4. The zero-order valence-electron chi connectivity index (χ0n) is 19.1. The van der Waals surface area contributed by atoms with Crippen LogP contribution in [0.25, 0.3) is 0 Å². The topological polar surface area (TPSA) is 88.3 Å². The predicted octanol–water partition coefficient (Wildman–Crippen LogP) is 3.80. The maximum absolute atomic E-state index is 11.9. The first-order chi connectivity index (χ1) is 14.6. The van der Waals surface area contributed by atoms with Gasteiger partial charge in [0.25, 0.3) is 0 Å². The molecule has 0 radical (unpaired) electrons. The average molecular weight is 550 g/mol. The Labute approximate surface area is 203 Å². The highest BCUT2D eigenvalue weighted by atomic mass is 127. The van der Waals surface area contributed by atoms with Crippen molar-refractivity contribution in [3.63, 3.8) is 0 Å². The molecular formula is C22H39IN4O4. The number of likely N-dealkylation sites (tertiary alicyclic amines) is 1. The third kappa shape index (κ3) is 11.6. The molecule has 9 heteroatoms. The Bertz CT molecular complexity index is 617. The molecule has 1 aromatic rings. The van der Waals surface area contributed by atoms with Gasteiger partial charge in [-0.1, -0.05) is 0 Å². The lowest BCUT2D eigenvalue weighted by atomic mass is 10.1. The zero-order valence-corrected chi connectivity index (χ0v) is 21.4. The predicted molar refractivity (Wildman–Crippen MR) is 133 cm³/mol. The number of hydrogen-bond donors (Lipinski definition) is 2. The number of furan rings is 1. The summed E-state index contributed by atoms with van der Waals surface area (Å²) in [7, 11) is 0. The number of carbonyl (C=O) groups excluding carboxylic acids is 1. The number of amides is 1. The maximum Gasteiger partial charge on any atom is 0.409 e. The summed E-state index contributed by atoms with van der Waals surface area (Å²) in [5, 5.41) is 6.95. The number of carbonyl (C=O) groups is 1. The fraction of sp³-hybridized carbons (Fsp3) is 0.727. The molecule has 0 aromatic carbocycles. The highest BCUT2D eigenvalue weighted by Crippen LogP contribution is 2.11. The van der Waals surface area contributed by atoms with E-state index in [0.29, 0.717) is 19.7 Å². The molecule has 1 saturated heterocycles. The summed E-state index contributed by atoms with van der Waals surface area (Å²) in [5.41, 5.74) is 0. The molecule has 2 N–H and O–H groups in total. The second kappa shape index (κ2) is 16.2. The molecule has 0 unspecified atom stereocenters. The van der Waals surface area contributed by atoms with Crippen molar-refractivity contribution in [1.82, 2.24) is 15.5 Å². The fourth-order valence-corrected chi connectivity index (χ4v) is 3.25. The molecule has 0 aliphatic carbocycles. The lowest BCUT2D eigenvalue weighted by Crippen LogP contribution is -2.50. The summed E-state index contributed by atoms with van der Waals surface area (Å²) >= 11 is 0. The van der Waals surface area contributed by atoms with Gasteiger partial charge in [0, 0.05) is 45.2 Å². The van der Waals surface area contributed by atoms with Crippen molar-refractivity contribution < 1.29 is 18.7 Å². The van der Waals surface area contributed by atoms with Crippen LogP contribution < -0.4 is 10.6 Å². The number of guanidine groups is 1. The van der Waals surface area contributed by atoms with E-state index in [9.17, 15) is 4.79 Å². The number of nitrogens with zero attached hydrogens (tertiary/aromatic N) is 2. The van der Waals surface area contributed by atoms with E-state index in [2.05, 4.69) is 24.5 Å². The van der Waals surface area contributed by atoms with Crippen LogP contribution in [0, 0.1) is 0 Å². The Morgan fingerprint density at radius 1 is 1.32 bits per heavy atom. The molecule has 0 bridgehead atoms. The number of hydrogen-bond acceptors (Lipinski definition) is 5. The van der Waals surface area contributed by atoms with E-state index in [4.69, 9.17) is 18.9 Å². The highest BCUT2D eigenvalue weighted by Gasteiger charge is 2.24. The zero-order chi connectivity index (χ0) is 21.6. The van der Waals surface area contributed by atoms with Crippen molar-refractivity contribution in [1.29, 1.82) is 0 Å². The second-order valence-corrected chi connectivity index (χ2v) is 7.72. The van der Waals surface area contributed by atoms with Crippen LogP contribution in [0.4, 0.5) is 4.79 Å². The van der Waals surface area contributed by atoms with Crippen molar-refractivity contribution in [2.24, 2.45) is 4.99 Å². The normalized spacial score (nSPS) is 15.0. The number of nitrogens with one attached hydrogen (secondary N) is 2. The van der Waals surface area contributed by atoms with Gasteiger partial charge in [0.2, 0.25) is 0 Å². The van der Waals surface area contributed by atoms with Gasteiger partial charge in [-0.05, 0) is 58.6 Å². The van der Waals surface area contributed by atoms with Crippen LogP contribution >= 0.6 is 24.0 Å². The molecule has 1 aliphatic rings. The molecule has 1 aliphatic heterocycles. The Morgan fingerprint density at radius 3 is 2.74 bits per heavy atom. The van der Waals surface area contributed by atoms with Crippen LogP contribution in [-0.2, 0) is 15.9 Å². The van der Waals surface area contributed by atoms with E-state index in [1.807, 2.05) is 19.1 Å². The number of aliphatic imine (C=N–C) groups is 1. The lowest BCUT2D eigenvalue weighted by Gasteiger charge is -2.32. The van der Waals surface area contributed by atoms with Crippen molar-refractivity contribution in [3.8, 4) is 0 Å². The molecule has 1 fully saturated rings. The molecular weight excluding hydrogens is 511 g/mol. The van der Waals surface area contributed by atoms with E-state index in [0.717, 1.165) is 63.5 Å². The van der Waals surface area contributed by atoms with Crippen LogP contribution in [0.15, 0.2) is 27.8 Å². The average Bonchev–Trinajstić information content (AvgIpc) is 3.24. The van der Waals surface area contributed by atoms with Gasteiger partial charge in [-0.25, -0.2) is 4.79 Å². The van der Waals surface area contributed by atoms with Crippen molar-refractivity contribution in [2.75, 3.05) is 39.4 Å². The van der Waals surface area contributed by atoms with Crippen LogP contribution in [0.3, 0.4) is 0 Å². The van der Waals surface area contributed by atoms with Gasteiger partial charge in [0.1, 0.15) is 5.76 Å². The van der Waals surface area contributed by atoms with E-state index >= 15 is 0 Å². The van der Waals surface area contributed by atoms with Crippen molar-refractivity contribution in [3.05, 3.63) is 24.2 Å². The summed E-state index contributed by atoms with van der Waals surface area (Å²) < 4.78 is 16.1. The van der Waals surface area contributed by atoms with Gasteiger partial charge in [0.15, 0.2) is 5.96 Å². The molecule has 8 nitrogen and oxygen atoms in total. The minimum absolute atomic E-state index is 0. The molecule has 178 valence electrons. The summed E-state index contributed by atoms with van der Waals surface area (Å²) in [6, 6.07) is 4.17. The number of rotatable bonds is 11. The van der Waals surface area contributed by atoms with Crippen LogP contribution in [0.1, 0.15) is 52.2 Å². The first-order valence-electron chi connectivity index (χ1n) is 11.2. The van der Waals surface area contributed by atoms with E-state index in [-0.39, 0.29) is 42.2 Å². The number of piperidine rings is 1. The highest BCUT2D eigenvalue weighted by molar-refractivity contribution is 14.0. The first-order valence-corrected chi connectivity index (χ1v) is 11.2. The summed E-state index contributed by atoms with van der Waals surface area (Å²) in [5.74, 6) is 1.77. The van der Waals surface area contributed by atoms with E-state index in [1.165, 1.54) is 0 Å². The quantitative estimate of drug-likeness (QED) is 0.189. The largest absolute Gasteiger partial charge is 0.469 e. The summed E-state index contributed by atoms with van der Waals surface area (Å²) in [6.07, 6.45) is 6.29. The standard InChI is InChI=1S/C22H38N4O4.HI/c1-4-28-22(27)26-14-10-19(11-15-26)25-21(23-12-5-6-16-29-18(2)3)24-13-9-20-8-7-17-30-20;/h7-8,17-19H,4-6,9-16H2,1-3H3,(H2,23,24,25);1H. The van der Waals surface area contributed by atoms with Crippen molar-refractivity contribution >= 4 is 36.0 Å². The molecule has 31 heavy (non-hydrogen) atoms. The SMILES string of the molecule is CCOC(=O)N1CCC(NC(=NCCCCOC(C)C)NCCc2ccco2)CC1.I. The van der Waals surface area contributed by atoms with Crippen LogP contribution in [-0.4, -0.2) is 68.5 Å². The Morgan fingerprint density at radius 2 is 2.10 bits per heavy atom. The second-order valence-electron chi connectivity index (χ2n) is 7.72. The number of ether oxygens (including phenoxy) is 2. The minimum Gasteiger partial charge on any atom is -0.469 e. The molecule has 2 heterocycles. The molecule has 0 saturated carbocycles. The lowest BCUT2D eigenvalue weighted by molar-refractivity contribution is 0.0763.